The van der Waals surface area contributed by atoms with E-state index in [1.54, 1.807) is 45.4 Å². The molecule has 0 saturated heterocycles. The van der Waals surface area contributed by atoms with Crippen molar-refractivity contribution in [1.29, 1.82) is 0 Å². The van der Waals surface area contributed by atoms with Crippen molar-refractivity contribution in [1.82, 2.24) is 9.97 Å². The molecule has 8 nitrogen and oxygen atoms in total. The standard InChI is InChI=1S/C23H22ClN3O5/c1-12(2)30-23(28)32-22-15(11-29-3)20-14-9-13(7-8-17(14)27-18(20)10-26-22)31-19-6-4-5-16(24)21(19)25/h4-10,12,27H,11,25H2,1-3H3. The van der Waals surface area contributed by atoms with E-state index in [9.17, 15) is 4.79 Å². The second-order valence-electron chi connectivity index (χ2n) is 7.37. The summed E-state index contributed by atoms with van der Waals surface area (Å²) in [5.41, 5.74) is 8.61. The molecule has 0 amide bonds. The van der Waals surface area contributed by atoms with Crippen LogP contribution in [0.1, 0.15) is 19.4 Å². The normalized spacial score (nSPS) is 11.3. The molecule has 4 aromatic rings. The lowest BCUT2D eigenvalue weighted by Gasteiger charge is -2.12. The molecular weight excluding hydrogens is 434 g/mol. The van der Waals surface area contributed by atoms with Crippen LogP contribution < -0.4 is 15.2 Å². The van der Waals surface area contributed by atoms with Gasteiger partial charge in [0.1, 0.15) is 5.75 Å². The lowest BCUT2D eigenvalue weighted by atomic mass is 10.1. The summed E-state index contributed by atoms with van der Waals surface area (Å²) in [7, 11) is 1.56. The molecule has 0 spiro atoms. The zero-order chi connectivity index (χ0) is 22.8. The Morgan fingerprint density at radius 3 is 2.78 bits per heavy atom. The van der Waals surface area contributed by atoms with Crippen molar-refractivity contribution in [3.63, 3.8) is 0 Å². The second kappa shape index (κ2) is 8.94. The van der Waals surface area contributed by atoms with E-state index in [4.69, 9.17) is 36.3 Å². The molecule has 0 fully saturated rings. The number of nitrogens with two attached hydrogens (primary N) is 1. The van der Waals surface area contributed by atoms with Gasteiger partial charge in [-0.05, 0) is 44.2 Å². The quantitative estimate of drug-likeness (QED) is 0.278. The maximum atomic E-state index is 12.1. The molecule has 166 valence electrons. The molecule has 0 atom stereocenters. The number of carbonyl (C=O) groups is 1. The highest BCUT2D eigenvalue weighted by Crippen LogP contribution is 2.37. The third-order valence-corrected chi connectivity index (χ3v) is 5.04. The topological polar surface area (TPSA) is 109 Å². The van der Waals surface area contributed by atoms with E-state index in [0.29, 0.717) is 27.8 Å². The zero-order valence-corrected chi connectivity index (χ0v) is 18.5. The first-order valence-electron chi connectivity index (χ1n) is 9.90. The maximum absolute atomic E-state index is 12.1. The van der Waals surface area contributed by atoms with Gasteiger partial charge in [-0.3, -0.25) is 0 Å². The number of anilines is 1. The number of benzene rings is 2. The third kappa shape index (κ3) is 4.28. The number of carbonyl (C=O) groups excluding carboxylic acids is 1. The summed E-state index contributed by atoms with van der Waals surface area (Å²) in [5.74, 6) is 1.14. The summed E-state index contributed by atoms with van der Waals surface area (Å²) in [6.45, 7) is 3.65. The highest BCUT2D eigenvalue weighted by Gasteiger charge is 2.19. The van der Waals surface area contributed by atoms with Crippen molar-refractivity contribution >= 4 is 45.2 Å². The Balaban J connectivity index is 1.80. The smallest absolute Gasteiger partial charge is 0.455 e. The van der Waals surface area contributed by atoms with E-state index in [2.05, 4.69) is 9.97 Å². The molecule has 9 heteroatoms. The fourth-order valence-electron chi connectivity index (χ4n) is 3.38. The number of nitrogens with zero attached hydrogens (tertiary/aromatic N) is 1. The number of hydrogen-bond donors (Lipinski definition) is 2. The molecule has 0 bridgehead atoms. The molecule has 2 heterocycles. The minimum atomic E-state index is -0.829. The van der Waals surface area contributed by atoms with Crippen LogP contribution in [0, 0.1) is 0 Å². The number of H-pyrrole nitrogens is 1. The van der Waals surface area contributed by atoms with Crippen LogP contribution in [0.4, 0.5) is 10.5 Å². The molecule has 2 aromatic heterocycles. The molecule has 4 rings (SSSR count). The van der Waals surface area contributed by atoms with Crippen molar-refractivity contribution < 1.29 is 23.7 Å². The van der Waals surface area contributed by atoms with Gasteiger partial charge in [-0.2, -0.15) is 0 Å². The van der Waals surface area contributed by atoms with E-state index in [0.717, 1.165) is 21.8 Å². The van der Waals surface area contributed by atoms with Crippen LogP contribution >= 0.6 is 11.6 Å². The lowest BCUT2D eigenvalue weighted by Crippen LogP contribution is -2.17. The van der Waals surface area contributed by atoms with Gasteiger partial charge in [0.15, 0.2) is 5.75 Å². The Labute approximate surface area is 189 Å². The maximum Gasteiger partial charge on any atom is 0.515 e. The van der Waals surface area contributed by atoms with Crippen molar-refractivity contribution in [3.05, 3.63) is 53.2 Å². The molecule has 2 aromatic carbocycles. The number of ether oxygens (including phenoxy) is 4. The first-order valence-corrected chi connectivity index (χ1v) is 10.3. The fraction of sp³-hybridized carbons (Fsp3) is 0.217. The predicted octanol–water partition coefficient (Wildman–Crippen LogP) is 5.81. The summed E-state index contributed by atoms with van der Waals surface area (Å²) in [4.78, 5) is 19.7. The van der Waals surface area contributed by atoms with Gasteiger partial charge in [0.05, 0.1) is 40.7 Å². The van der Waals surface area contributed by atoms with E-state index >= 15 is 0 Å². The predicted molar refractivity (Wildman–Crippen MR) is 122 cm³/mol. The molecule has 32 heavy (non-hydrogen) atoms. The van der Waals surface area contributed by atoms with Crippen LogP contribution in [0.2, 0.25) is 5.02 Å². The van der Waals surface area contributed by atoms with Crippen molar-refractivity contribution in [3.8, 4) is 17.4 Å². The van der Waals surface area contributed by atoms with Gasteiger partial charge < -0.3 is 29.7 Å². The molecule has 0 radical (unpaired) electrons. The zero-order valence-electron chi connectivity index (χ0n) is 17.8. The average molecular weight is 456 g/mol. The molecule has 0 aliphatic rings. The number of aromatic amines is 1. The SMILES string of the molecule is COCc1c(OC(=O)OC(C)C)ncc2[nH]c3ccc(Oc4cccc(Cl)c4N)cc3c12. The largest absolute Gasteiger partial charge is 0.515 e. The average Bonchev–Trinajstić information content (AvgIpc) is 3.11. The van der Waals surface area contributed by atoms with Crippen LogP contribution in [0.25, 0.3) is 21.8 Å². The number of hydrogen-bond acceptors (Lipinski definition) is 7. The summed E-state index contributed by atoms with van der Waals surface area (Å²) in [6, 6.07) is 10.8. The lowest BCUT2D eigenvalue weighted by molar-refractivity contribution is 0.0705. The molecule has 3 N–H and O–H groups in total. The summed E-state index contributed by atoms with van der Waals surface area (Å²) < 4.78 is 21.8. The first-order chi connectivity index (χ1) is 15.4. The molecule has 0 saturated carbocycles. The number of para-hydroxylation sites is 1. The Hall–Kier alpha value is -3.49. The highest BCUT2D eigenvalue weighted by molar-refractivity contribution is 6.33. The summed E-state index contributed by atoms with van der Waals surface area (Å²) >= 11 is 6.10. The Bertz CT molecular complexity index is 1300. The van der Waals surface area contributed by atoms with Crippen molar-refractivity contribution in [2.45, 2.75) is 26.6 Å². The van der Waals surface area contributed by atoms with Crippen LogP contribution in [-0.4, -0.2) is 29.3 Å². The molecule has 0 unspecified atom stereocenters. The Morgan fingerprint density at radius 1 is 1.22 bits per heavy atom. The van der Waals surface area contributed by atoms with E-state index in [1.807, 2.05) is 18.2 Å². The van der Waals surface area contributed by atoms with Crippen LogP contribution in [-0.2, 0) is 16.1 Å². The number of methoxy groups -OCH3 is 1. The van der Waals surface area contributed by atoms with E-state index in [1.165, 1.54) is 0 Å². The van der Waals surface area contributed by atoms with E-state index in [-0.39, 0.29) is 18.6 Å². The number of aromatic nitrogens is 2. The van der Waals surface area contributed by atoms with Crippen molar-refractivity contribution in [2.75, 3.05) is 12.8 Å². The summed E-state index contributed by atoms with van der Waals surface area (Å²) in [6.07, 6.45) is 0.454. The third-order valence-electron chi connectivity index (χ3n) is 4.71. The van der Waals surface area contributed by atoms with Crippen molar-refractivity contribution in [2.24, 2.45) is 0 Å². The van der Waals surface area contributed by atoms with Gasteiger partial charge in [-0.25, -0.2) is 9.78 Å². The highest BCUT2D eigenvalue weighted by atomic mass is 35.5. The van der Waals surface area contributed by atoms with Crippen LogP contribution in [0.15, 0.2) is 42.6 Å². The second-order valence-corrected chi connectivity index (χ2v) is 7.78. The van der Waals surface area contributed by atoms with Gasteiger partial charge in [-0.15, -0.1) is 0 Å². The minimum absolute atomic E-state index is 0.122. The Morgan fingerprint density at radius 2 is 2.03 bits per heavy atom. The fourth-order valence-corrected chi connectivity index (χ4v) is 3.55. The van der Waals surface area contributed by atoms with Gasteiger partial charge in [0, 0.05) is 23.4 Å². The first kappa shape index (κ1) is 21.7. The monoisotopic (exact) mass is 455 g/mol. The number of fused-ring (bicyclic) bond motifs is 3. The van der Waals surface area contributed by atoms with E-state index < -0.39 is 6.16 Å². The number of halogens is 1. The van der Waals surface area contributed by atoms with Gasteiger partial charge in [0.2, 0.25) is 5.88 Å². The van der Waals surface area contributed by atoms with Crippen LogP contribution in [0.5, 0.6) is 17.4 Å². The van der Waals surface area contributed by atoms with Crippen LogP contribution in [0.3, 0.4) is 0 Å². The van der Waals surface area contributed by atoms with Gasteiger partial charge in [0.25, 0.3) is 0 Å². The van der Waals surface area contributed by atoms with Gasteiger partial charge in [-0.1, -0.05) is 17.7 Å². The number of nitrogens with one attached hydrogen (secondary N) is 1. The minimum Gasteiger partial charge on any atom is -0.455 e. The van der Waals surface area contributed by atoms with Gasteiger partial charge >= 0.3 is 6.16 Å². The number of rotatable bonds is 6. The molecule has 0 aliphatic heterocycles. The number of pyridine rings is 1. The Kier molecular flexibility index (Phi) is 6.07. The summed E-state index contributed by atoms with van der Waals surface area (Å²) in [5, 5.41) is 2.06. The molecular formula is C23H22ClN3O5. The number of nitrogen functional groups attached to an aromatic ring is 1. The molecule has 0 aliphatic carbocycles.